The number of nitrogens with one attached hydrogen (secondary N) is 2. The first-order chi connectivity index (χ1) is 16.4. The van der Waals surface area contributed by atoms with E-state index in [-0.39, 0.29) is 5.75 Å². The predicted octanol–water partition coefficient (Wildman–Crippen LogP) is 4.46. The Hall–Kier alpha value is -3.98. The van der Waals surface area contributed by atoms with Gasteiger partial charge in [0.05, 0.1) is 18.4 Å². The molecule has 3 aromatic rings. The molecule has 34 heavy (non-hydrogen) atoms. The largest absolute Gasteiger partial charge is 0.494 e. The van der Waals surface area contributed by atoms with Crippen LogP contribution in [-0.4, -0.2) is 30.6 Å². The summed E-state index contributed by atoms with van der Waals surface area (Å²) >= 11 is 3.35. The van der Waals surface area contributed by atoms with E-state index in [9.17, 15) is 14.4 Å². The number of benzene rings is 3. The molecule has 0 aliphatic heterocycles. The highest BCUT2D eigenvalue weighted by Crippen LogP contribution is 2.23. The molecule has 2 N–H and O–H groups in total. The summed E-state index contributed by atoms with van der Waals surface area (Å²) in [4.78, 5) is 36.6. The third kappa shape index (κ3) is 7.01. The van der Waals surface area contributed by atoms with Crippen molar-refractivity contribution in [3.05, 3.63) is 87.9 Å². The van der Waals surface area contributed by atoms with Gasteiger partial charge in [0.25, 0.3) is 0 Å². The highest BCUT2D eigenvalue weighted by molar-refractivity contribution is 9.10. The van der Waals surface area contributed by atoms with Gasteiger partial charge in [-0.25, -0.2) is 10.2 Å². The Labute approximate surface area is 205 Å². The van der Waals surface area contributed by atoms with Crippen LogP contribution in [0.4, 0.5) is 5.69 Å². The molecule has 0 saturated carbocycles. The number of hydrogen-bond donors (Lipinski definition) is 2. The van der Waals surface area contributed by atoms with Crippen LogP contribution in [0.25, 0.3) is 0 Å². The van der Waals surface area contributed by atoms with Gasteiger partial charge in [0.1, 0.15) is 11.5 Å². The number of carbonyl (C=O) groups is 3. The minimum Gasteiger partial charge on any atom is -0.494 e. The average Bonchev–Trinajstić information content (AvgIpc) is 2.82. The van der Waals surface area contributed by atoms with E-state index in [0.717, 1.165) is 5.56 Å². The van der Waals surface area contributed by atoms with Gasteiger partial charge in [-0.1, -0.05) is 33.6 Å². The Balaban J connectivity index is 1.64. The molecule has 2 amide bonds. The summed E-state index contributed by atoms with van der Waals surface area (Å²) in [6, 6.07) is 18.5. The number of hydrazone groups is 1. The summed E-state index contributed by atoms with van der Waals surface area (Å²) in [5, 5.41) is 6.30. The molecule has 0 saturated heterocycles. The van der Waals surface area contributed by atoms with E-state index < -0.39 is 17.8 Å². The van der Waals surface area contributed by atoms with E-state index in [0.29, 0.717) is 33.6 Å². The number of aryl methyl sites for hydroxylation is 1. The zero-order chi connectivity index (χ0) is 24.5. The van der Waals surface area contributed by atoms with Crippen LogP contribution in [0.15, 0.2) is 76.3 Å². The Morgan fingerprint density at radius 2 is 1.68 bits per heavy atom. The maximum absolute atomic E-state index is 12.5. The third-order valence-corrected chi connectivity index (χ3v) is 4.95. The molecule has 0 unspecified atom stereocenters. The lowest BCUT2D eigenvalue weighted by molar-refractivity contribution is -0.136. The van der Waals surface area contributed by atoms with Gasteiger partial charge in [0.15, 0.2) is 0 Å². The van der Waals surface area contributed by atoms with E-state index in [1.54, 1.807) is 54.6 Å². The molecule has 0 aliphatic rings. The van der Waals surface area contributed by atoms with Crippen LogP contribution in [0.3, 0.4) is 0 Å². The first-order valence-corrected chi connectivity index (χ1v) is 11.1. The van der Waals surface area contributed by atoms with Crippen molar-refractivity contribution >= 4 is 45.6 Å². The standard InChI is InChI=1S/C25H22BrN3O5/c1-3-33-21-11-6-17(7-12-21)25(32)34-22-13-8-19(26)14-18(22)15-27-29-24(31)23(30)28-20-9-4-16(2)5-10-20/h4-15H,3H2,1-2H3,(H,28,30)(H,29,31). The number of carbonyl (C=O) groups excluding carboxylic acids is 3. The van der Waals surface area contributed by atoms with E-state index in [2.05, 4.69) is 31.8 Å². The fourth-order valence-electron chi connectivity index (χ4n) is 2.76. The van der Waals surface area contributed by atoms with Crippen LogP contribution in [0, 0.1) is 6.92 Å². The lowest BCUT2D eigenvalue weighted by atomic mass is 10.2. The maximum atomic E-state index is 12.5. The molecule has 0 heterocycles. The molecule has 0 atom stereocenters. The number of esters is 1. The number of hydrogen-bond acceptors (Lipinski definition) is 6. The minimum absolute atomic E-state index is 0.226. The maximum Gasteiger partial charge on any atom is 0.343 e. The SMILES string of the molecule is CCOc1ccc(C(=O)Oc2ccc(Br)cc2C=NNC(=O)C(=O)Nc2ccc(C)cc2)cc1. The lowest BCUT2D eigenvalue weighted by Crippen LogP contribution is -2.32. The zero-order valence-electron chi connectivity index (χ0n) is 18.5. The Morgan fingerprint density at radius 3 is 2.35 bits per heavy atom. The fourth-order valence-corrected chi connectivity index (χ4v) is 3.14. The van der Waals surface area contributed by atoms with E-state index in [1.165, 1.54) is 6.21 Å². The molecular formula is C25H22BrN3O5. The van der Waals surface area contributed by atoms with Crippen molar-refractivity contribution in [3.63, 3.8) is 0 Å². The Bertz CT molecular complexity index is 1210. The normalized spacial score (nSPS) is 10.6. The van der Waals surface area contributed by atoms with E-state index in [4.69, 9.17) is 9.47 Å². The van der Waals surface area contributed by atoms with Crippen molar-refractivity contribution in [1.82, 2.24) is 5.43 Å². The average molecular weight is 524 g/mol. The summed E-state index contributed by atoms with van der Waals surface area (Å²) in [5.41, 5.74) is 4.43. The van der Waals surface area contributed by atoms with Gasteiger partial charge in [-0.3, -0.25) is 9.59 Å². The number of halogens is 1. The van der Waals surface area contributed by atoms with Gasteiger partial charge in [-0.05, 0) is 68.4 Å². The van der Waals surface area contributed by atoms with Gasteiger partial charge in [0.2, 0.25) is 0 Å². The van der Waals surface area contributed by atoms with Gasteiger partial charge in [-0.2, -0.15) is 5.10 Å². The van der Waals surface area contributed by atoms with E-state index in [1.807, 2.05) is 26.0 Å². The van der Waals surface area contributed by atoms with Crippen LogP contribution in [0.1, 0.15) is 28.4 Å². The smallest absolute Gasteiger partial charge is 0.343 e. The summed E-state index contributed by atoms with van der Waals surface area (Å²) in [5.74, 6) is -1.50. The summed E-state index contributed by atoms with van der Waals surface area (Å²) in [6.07, 6.45) is 1.28. The predicted molar refractivity (Wildman–Crippen MR) is 132 cm³/mol. The highest BCUT2D eigenvalue weighted by atomic mass is 79.9. The van der Waals surface area contributed by atoms with Gasteiger partial charge < -0.3 is 14.8 Å². The molecule has 3 rings (SSSR count). The van der Waals surface area contributed by atoms with Crippen molar-refractivity contribution in [1.29, 1.82) is 0 Å². The first kappa shape index (κ1) is 24.7. The van der Waals surface area contributed by atoms with Crippen molar-refractivity contribution in [2.75, 3.05) is 11.9 Å². The number of rotatable bonds is 7. The molecule has 0 spiro atoms. The molecule has 0 aromatic heterocycles. The fraction of sp³-hybridized carbons (Fsp3) is 0.120. The zero-order valence-corrected chi connectivity index (χ0v) is 20.1. The van der Waals surface area contributed by atoms with Gasteiger partial charge >= 0.3 is 17.8 Å². The van der Waals surface area contributed by atoms with E-state index >= 15 is 0 Å². The molecule has 8 nitrogen and oxygen atoms in total. The van der Waals surface area contributed by atoms with Crippen LogP contribution >= 0.6 is 15.9 Å². The van der Waals surface area contributed by atoms with Crippen LogP contribution in [-0.2, 0) is 9.59 Å². The topological polar surface area (TPSA) is 106 Å². The van der Waals surface area contributed by atoms with Crippen molar-refractivity contribution < 1.29 is 23.9 Å². The van der Waals surface area contributed by atoms with Crippen LogP contribution in [0.2, 0.25) is 0 Å². The second-order valence-corrected chi connectivity index (χ2v) is 7.96. The van der Waals surface area contributed by atoms with Crippen molar-refractivity contribution in [2.24, 2.45) is 5.10 Å². The molecule has 0 aliphatic carbocycles. The van der Waals surface area contributed by atoms with Crippen LogP contribution < -0.4 is 20.2 Å². The monoisotopic (exact) mass is 523 g/mol. The van der Waals surface area contributed by atoms with Gasteiger partial charge in [0, 0.05) is 15.7 Å². The molecule has 9 heteroatoms. The second-order valence-electron chi connectivity index (χ2n) is 7.05. The molecular weight excluding hydrogens is 502 g/mol. The quantitative estimate of drug-likeness (QED) is 0.156. The molecule has 0 bridgehead atoms. The van der Waals surface area contributed by atoms with Gasteiger partial charge in [-0.15, -0.1) is 0 Å². The Morgan fingerprint density at radius 1 is 0.971 bits per heavy atom. The summed E-state index contributed by atoms with van der Waals surface area (Å²) < 4.78 is 11.6. The lowest BCUT2D eigenvalue weighted by Gasteiger charge is -2.09. The third-order valence-electron chi connectivity index (χ3n) is 4.46. The second kappa shape index (κ2) is 11.8. The molecule has 0 radical (unpaired) electrons. The Kier molecular flexibility index (Phi) is 8.53. The first-order valence-electron chi connectivity index (χ1n) is 10.3. The highest BCUT2D eigenvalue weighted by Gasteiger charge is 2.14. The minimum atomic E-state index is -0.945. The molecule has 3 aromatic carbocycles. The van der Waals surface area contributed by atoms with Crippen molar-refractivity contribution in [2.45, 2.75) is 13.8 Å². The molecule has 174 valence electrons. The number of amides is 2. The number of nitrogens with zero attached hydrogens (tertiary/aromatic N) is 1. The van der Waals surface area contributed by atoms with Crippen molar-refractivity contribution in [3.8, 4) is 11.5 Å². The summed E-state index contributed by atoms with van der Waals surface area (Å²) in [6.45, 7) is 4.31. The molecule has 0 fully saturated rings. The number of anilines is 1. The van der Waals surface area contributed by atoms with Crippen LogP contribution in [0.5, 0.6) is 11.5 Å². The number of ether oxygens (including phenoxy) is 2. The summed E-state index contributed by atoms with van der Waals surface area (Å²) in [7, 11) is 0.